The van der Waals surface area contributed by atoms with Gasteiger partial charge >= 0.3 is 6.92 Å². The second-order valence-corrected chi connectivity index (χ2v) is 13.6. The first-order valence-corrected chi connectivity index (χ1v) is 15.4. The second-order valence-electron chi connectivity index (χ2n) is 13.6. The van der Waals surface area contributed by atoms with E-state index in [1.165, 1.54) is 54.8 Å². The molecule has 4 nitrogen and oxygen atoms in total. The van der Waals surface area contributed by atoms with Gasteiger partial charge in [0.25, 0.3) is 0 Å². The number of ether oxygens (including phenoxy) is 1. The van der Waals surface area contributed by atoms with Crippen molar-refractivity contribution in [2.75, 3.05) is 13.9 Å². The molecule has 45 heavy (non-hydrogen) atoms. The van der Waals surface area contributed by atoms with E-state index in [-0.39, 0.29) is 35.5 Å². The summed E-state index contributed by atoms with van der Waals surface area (Å²) in [6.07, 6.45) is 7.03. The first-order valence-electron chi connectivity index (χ1n) is 15.4. The minimum Gasteiger partial charge on any atom is -0.412 e. The van der Waals surface area contributed by atoms with E-state index >= 15 is 0 Å². The maximum Gasteiger partial charge on any atom is 0.364 e. The van der Waals surface area contributed by atoms with Crippen molar-refractivity contribution >= 4 is 45.0 Å². The minimum absolute atomic E-state index is 0. The third-order valence-corrected chi connectivity index (χ3v) is 9.39. The molecular weight excluding hydrogens is 555 g/mol. The van der Waals surface area contributed by atoms with Crippen molar-refractivity contribution in [2.24, 2.45) is 5.41 Å². The van der Waals surface area contributed by atoms with Crippen LogP contribution < -0.4 is 10.9 Å². The Morgan fingerprint density at radius 2 is 1.42 bits per heavy atom. The van der Waals surface area contributed by atoms with Crippen LogP contribution in [0.25, 0.3) is 38.2 Å². The molecule has 0 aliphatic heterocycles. The predicted molar refractivity (Wildman–Crippen MR) is 191 cm³/mol. The lowest BCUT2D eigenvalue weighted by Gasteiger charge is -2.40. The molecule has 5 aromatic carbocycles. The van der Waals surface area contributed by atoms with Gasteiger partial charge in [0.2, 0.25) is 0 Å². The highest BCUT2D eigenvalue weighted by Gasteiger charge is 2.36. The first-order chi connectivity index (χ1) is 20.8. The molecule has 0 fully saturated rings. The fraction of sp³-hybridized carbons (Fsp3) is 0.250. The van der Waals surface area contributed by atoms with Crippen LogP contribution in [0.2, 0.25) is 0 Å². The molecule has 0 unspecified atom stereocenters. The second kappa shape index (κ2) is 12.4. The number of methoxy groups -OCH3 is 1. The molecule has 4 N–H and O–H groups in total. The Labute approximate surface area is 267 Å². The summed E-state index contributed by atoms with van der Waals surface area (Å²) in [5, 5.41) is 5.03. The largest absolute Gasteiger partial charge is 0.412 e. The average molecular weight is 599 g/mol. The van der Waals surface area contributed by atoms with Crippen LogP contribution in [0.15, 0.2) is 115 Å². The molecule has 230 valence electrons. The Hall–Kier alpha value is -4.00. The van der Waals surface area contributed by atoms with E-state index < -0.39 is 0 Å². The number of benzene rings is 5. The van der Waals surface area contributed by atoms with Crippen molar-refractivity contribution in [1.29, 1.82) is 0 Å². The Bertz CT molecular complexity index is 1920. The maximum absolute atomic E-state index is 6.45. The predicted octanol–water partition coefficient (Wildman–Crippen LogP) is 7.16. The van der Waals surface area contributed by atoms with E-state index in [9.17, 15) is 0 Å². The van der Waals surface area contributed by atoms with Gasteiger partial charge in [0.15, 0.2) is 0 Å². The van der Waals surface area contributed by atoms with Gasteiger partial charge < -0.3 is 20.3 Å². The lowest BCUT2D eigenvalue weighted by molar-refractivity contribution is 0.0527. The van der Waals surface area contributed by atoms with Crippen molar-refractivity contribution in [1.82, 2.24) is 0 Å². The van der Waals surface area contributed by atoms with Gasteiger partial charge in [-0.05, 0) is 90.0 Å². The molecule has 5 aromatic rings. The van der Waals surface area contributed by atoms with E-state index in [1.807, 2.05) is 0 Å². The SMILES string of the molecule is COCOB(c1ccccc1)c1c(-c2ccc3c4c(ccc3c2)C2=C(CC(C)(C)C=C2)CC4(C)C)ccc2ccccc12.O.O. The van der Waals surface area contributed by atoms with Crippen molar-refractivity contribution in [2.45, 2.75) is 46.0 Å². The van der Waals surface area contributed by atoms with Gasteiger partial charge in [-0.1, -0.05) is 136 Å². The molecule has 7 rings (SSSR count). The van der Waals surface area contributed by atoms with Gasteiger partial charge in [0.05, 0.1) is 0 Å². The number of fused-ring (bicyclic) bond motifs is 5. The third kappa shape index (κ3) is 5.78. The molecule has 0 bridgehead atoms. The van der Waals surface area contributed by atoms with E-state index in [2.05, 4.69) is 137 Å². The van der Waals surface area contributed by atoms with Gasteiger partial charge in [0, 0.05) is 7.11 Å². The van der Waals surface area contributed by atoms with Crippen LogP contribution in [-0.4, -0.2) is 31.8 Å². The van der Waals surface area contributed by atoms with Gasteiger partial charge in [-0.3, -0.25) is 0 Å². The highest BCUT2D eigenvalue weighted by atomic mass is 16.6. The van der Waals surface area contributed by atoms with Crippen LogP contribution in [0.1, 0.15) is 51.7 Å². The Morgan fingerprint density at radius 1 is 0.711 bits per heavy atom. The normalized spacial score (nSPS) is 16.0. The fourth-order valence-electron chi connectivity index (χ4n) is 7.58. The van der Waals surface area contributed by atoms with Gasteiger partial charge in [-0.15, -0.1) is 0 Å². The zero-order valence-corrected chi connectivity index (χ0v) is 26.9. The van der Waals surface area contributed by atoms with Crippen LogP contribution in [-0.2, 0) is 14.8 Å². The number of hydrogen-bond donors (Lipinski definition) is 0. The minimum atomic E-state index is -0.270. The summed E-state index contributed by atoms with van der Waals surface area (Å²) in [7, 11) is 1.68. The Kier molecular flexibility index (Phi) is 8.94. The lowest BCUT2D eigenvalue weighted by Crippen LogP contribution is -2.46. The molecular formula is C40H43BO4. The number of hydrogen-bond acceptors (Lipinski definition) is 2. The molecule has 0 radical (unpaired) electrons. The van der Waals surface area contributed by atoms with E-state index in [1.54, 1.807) is 12.7 Å². The topological polar surface area (TPSA) is 81.5 Å². The highest BCUT2D eigenvalue weighted by molar-refractivity contribution is 6.83. The fourth-order valence-corrected chi connectivity index (χ4v) is 7.58. The summed E-state index contributed by atoms with van der Waals surface area (Å²) >= 11 is 0. The highest BCUT2D eigenvalue weighted by Crippen LogP contribution is 2.51. The summed E-state index contributed by atoms with van der Waals surface area (Å²) < 4.78 is 11.9. The first kappa shape index (κ1) is 32.4. The van der Waals surface area contributed by atoms with Crippen LogP contribution in [0.5, 0.6) is 0 Å². The Balaban J connectivity index is 0.00000200. The van der Waals surface area contributed by atoms with Crippen molar-refractivity contribution in [3.8, 4) is 11.1 Å². The summed E-state index contributed by atoms with van der Waals surface area (Å²) in [5.74, 6) is 0. The molecule has 0 saturated carbocycles. The van der Waals surface area contributed by atoms with E-state index in [0.717, 1.165) is 18.3 Å². The summed E-state index contributed by atoms with van der Waals surface area (Å²) in [6, 6.07) is 35.3. The van der Waals surface area contributed by atoms with Crippen LogP contribution in [0.4, 0.5) is 0 Å². The standard InChI is InChI=1S/C40H39BO2.2H2O/c1-39(2)22-21-32-30(24-39)25-40(3,4)37-33-18-16-29(23-28(33)17-20-36(32)37)35-19-15-27-11-9-10-14-34(27)38(35)41(43-26-42-5)31-12-7-6-8-13-31;;/h6-23H,24-26H2,1-5H3;2*1H2. The summed E-state index contributed by atoms with van der Waals surface area (Å²) in [6.45, 7) is 9.49. The zero-order valence-electron chi connectivity index (χ0n) is 26.9. The Morgan fingerprint density at radius 3 is 2.20 bits per heavy atom. The molecule has 2 aliphatic rings. The smallest absolute Gasteiger partial charge is 0.364 e. The number of allylic oxidation sites excluding steroid dienone is 4. The van der Waals surface area contributed by atoms with Gasteiger partial charge in [-0.2, -0.15) is 0 Å². The summed E-state index contributed by atoms with van der Waals surface area (Å²) in [5.41, 5.74) is 10.9. The maximum atomic E-state index is 6.45. The third-order valence-electron chi connectivity index (χ3n) is 9.39. The number of rotatable bonds is 6. The van der Waals surface area contributed by atoms with Crippen molar-refractivity contribution < 1.29 is 20.3 Å². The van der Waals surface area contributed by atoms with E-state index in [4.69, 9.17) is 9.39 Å². The van der Waals surface area contributed by atoms with Crippen molar-refractivity contribution in [3.05, 3.63) is 126 Å². The molecule has 0 spiro atoms. The zero-order chi connectivity index (χ0) is 29.8. The quantitative estimate of drug-likeness (QED) is 0.154. The molecule has 0 saturated heterocycles. The molecule has 0 aromatic heterocycles. The molecule has 5 heteroatoms. The van der Waals surface area contributed by atoms with Crippen LogP contribution in [0.3, 0.4) is 0 Å². The molecule has 0 amide bonds. The van der Waals surface area contributed by atoms with Crippen molar-refractivity contribution in [3.63, 3.8) is 0 Å². The summed E-state index contributed by atoms with van der Waals surface area (Å²) in [4.78, 5) is 0. The van der Waals surface area contributed by atoms with Gasteiger partial charge in [-0.25, -0.2) is 0 Å². The molecule has 0 heterocycles. The molecule has 2 aliphatic carbocycles. The van der Waals surface area contributed by atoms with E-state index in [0.29, 0.717) is 0 Å². The monoisotopic (exact) mass is 598 g/mol. The van der Waals surface area contributed by atoms with Gasteiger partial charge in [0.1, 0.15) is 6.79 Å². The van der Waals surface area contributed by atoms with Crippen LogP contribution >= 0.6 is 0 Å². The molecule has 0 atom stereocenters. The average Bonchev–Trinajstić information content (AvgIpc) is 3.00. The van der Waals surface area contributed by atoms with Crippen LogP contribution in [0, 0.1) is 5.41 Å². The lowest BCUT2D eigenvalue weighted by atomic mass is 9.52.